The predicted octanol–water partition coefficient (Wildman–Crippen LogP) is 5.88. The molecule has 2 aliphatic rings. The molecule has 2 fully saturated rings. The third-order valence-electron chi connectivity index (χ3n) is 8.64. The molecule has 2 amide bonds. The van der Waals surface area contributed by atoms with Gasteiger partial charge in [-0.3, -0.25) is 9.59 Å². The van der Waals surface area contributed by atoms with Crippen molar-refractivity contribution in [1.82, 2.24) is 15.3 Å². The summed E-state index contributed by atoms with van der Waals surface area (Å²) in [7, 11) is -3.79. The molecule has 1 saturated heterocycles. The van der Waals surface area contributed by atoms with Crippen LogP contribution in [0.1, 0.15) is 51.9 Å². The Labute approximate surface area is 292 Å². The van der Waals surface area contributed by atoms with Crippen molar-refractivity contribution in [3.05, 3.63) is 92.5 Å². The van der Waals surface area contributed by atoms with Crippen LogP contribution in [0.3, 0.4) is 0 Å². The fourth-order valence-corrected chi connectivity index (χ4v) is 7.06. The second-order valence-corrected chi connectivity index (χ2v) is 14.8. The van der Waals surface area contributed by atoms with Crippen LogP contribution in [0.4, 0.5) is 0 Å². The van der Waals surface area contributed by atoms with Gasteiger partial charge in [0.05, 0.1) is 22.2 Å². The lowest BCUT2D eigenvalue weighted by Gasteiger charge is -2.39. The summed E-state index contributed by atoms with van der Waals surface area (Å²) in [5.41, 5.74) is 4.67. The smallest absolute Gasteiger partial charge is 0.280 e. The van der Waals surface area contributed by atoms with E-state index in [2.05, 4.69) is 5.32 Å². The number of piperidine rings is 1. The Kier molecular flexibility index (Phi) is 11.6. The van der Waals surface area contributed by atoms with Crippen LogP contribution in [0.5, 0.6) is 11.5 Å². The Hall–Kier alpha value is -3.35. The summed E-state index contributed by atoms with van der Waals surface area (Å²) in [6, 6.07) is 15.8. The molecule has 1 aliphatic carbocycles. The average molecular weight is 719 g/mol. The van der Waals surface area contributed by atoms with Crippen molar-refractivity contribution in [3.63, 3.8) is 0 Å². The summed E-state index contributed by atoms with van der Waals surface area (Å²) in [5, 5.41) is 5.21. The Morgan fingerprint density at radius 2 is 1.62 bits per heavy atom. The Morgan fingerprint density at radius 3 is 2.27 bits per heavy atom. The number of carbonyl (C=O) groups excluding carboxylic acids is 2. The van der Waals surface area contributed by atoms with Crippen molar-refractivity contribution >= 4 is 45.1 Å². The maximum absolute atomic E-state index is 14.2. The van der Waals surface area contributed by atoms with Crippen LogP contribution in [0.25, 0.3) is 0 Å². The van der Waals surface area contributed by atoms with Gasteiger partial charge in [-0.2, -0.15) is 17.8 Å². The van der Waals surface area contributed by atoms with Crippen molar-refractivity contribution in [2.45, 2.75) is 58.7 Å². The van der Waals surface area contributed by atoms with Gasteiger partial charge in [-0.15, -0.1) is 0 Å². The quantitative estimate of drug-likeness (QED) is 0.218. The highest BCUT2D eigenvalue weighted by atomic mass is 35.5. The second-order valence-electron chi connectivity index (χ2n) is 12.5. The van der Waals surface area contributed by atoms with E-state index in [9.17, 15) is 18.0 Å². The molecular formula is C35H41Cl2N3O7S. The number of hydroxylamine groups is 2. The van der Waals surface area contributed by atoms with E-state index in [-0.39, 0.29) is 44.2 Å². The lowest BCUT2D eigenvalue weighted by Crippen LogP contribution is -2.56. The number of nitrogens with zero attached hydrogens (tertiary/aromatic N) is 2. The normalized spacial score (nSPS) is 18.3. The standard InChI is InChI=1S/C35H41Cl2N3O7S/c1-22-18-30(36)33(31(37)19-22)46-17-16-45-28-12-8-25(9-13-28)34(41)38-32-14-15-39(47-48(4,43)44)21-29(32)35(42)40(27-10-11-27)20-26-7-5-6-23(2)24(26)3/h5-9,12-13,18-19,27,29,32H,10-11,14-17,20-21H2,1-4H3,(H,38,41)/t29?,32-/m0/s1. The average Bonchev–Trinajstić information content (AvgIpc) is 3.86. The summed E-state index contributed by atoms with van der Waals surface area (Å²) in [4.78, 5) is 29.5. The van der Waals surface area contributed by atoms with Crippen molar-refractivity contribution in [2.24, 2.45) is 5.92 Å². The van der Waals surface area contributed by atoms with Crippen LogP contribution < -0.4 is 14.8 Å². The van der Waals surface area contributed by atoms with Gasteiger partial charge in [-0.05, 0) is 98.7 Å². The van der Waals surface area contributed by atoms with Gasteiger partial charge in [0.2, 0.25) is 5.91 Å². The zero-order valence-corrected chi connectivity index (χ0v) is 29.8. The highest BCUT2D eigenvalue weighted by Crippen LogP contribution is 2.35. The Balaban J connectivity index is 1.23. The van der Waals surface area contributed by atoms with Gasteiger partial charge < -0.3 is 19.7 Å². The molecule has 3 aromatic carbocycles. The van der Waals surface area contributed by atoms with Crippen LogP contribution in [0.2, 0.25) is 10.0 Å². The van der Waals surface area contributed by atoms with Crippen molar-refractivity contribution in [1.29, 1.82) is 0 Å². The molecule has 1 unspecified atom stereocenters. The third-order valence-corrected chi connectivity index (χ3v) is 9.68. The van der Waals surface area contributed by atoms with E-state index in [0.717, 1.165) is 41.4 Å². The minimum Gasteiger partial charge on any atom is -0.490 e. The van der Waals surface area contributed by atoms with E-state index in [1.54, 1.807) is 36.4 Å². The van der Waals surface area contributed by atoms with Gasteiger partial charge in [-0.1, -0.05) is 41.4 Å². The summed E-state index contributed by atoms with van der Waals surface area (Å²) in [5.74, 6) is -0.253. The van der Waals surface area contributed by atoms with Gasteiger partial charge in [0.15, 0.2) is 5.75 Å². The van der Waals surface area contributed by atoms with Gasteiger partial charge in [-0.25, -0.2) is 0 Å². The molecule has 3 aromatic rings. The van der Waals surface area contributed by atoms with Gasteiger partial charge in [0, 0.05) is 37.3 Å². The van der Waals surface area contributed by atoms with Crippen molar-refractivity contribution in [3.8, 4) is 11.5 Å². The highest BCUT2D eigenvalue weighted by molar-refractivity contribution is 7.85. The zero-order valence-electron chi connectivity index (χ0n) is 27.5. The maximum Gasteiger partial charge on any atom is 0.280 e. The summed E-state index contributed by atoms with van der Waals surface area (Å²) in [6.45, 7) is 7.13. The Bertz CT molecular complexity index is 1730. The number of nitrogens with one attached hydrogen (secondary N) is 1. The number of rotatable bonds is 13. The van der Waals surface area contributed by atoms with Crippen LogP contribution in [0, 0.1) is 26.7 Å². The van der Waals surface area contributed by atoms with Crippen LogP contribution in [-0.4, -0.2) is 74.8 Å². The molecule has 0 spiro atoms. The molecule has 48 heavy (non-hydrogen) atoms. The number of carbonyl (C=O) groups is 2. The first-order valence-corrected chi connectivity index (χ1v) is 18.5. The van der Waals surface area contributed by atoms with Crippen molar-refractivity contribution in [2.75, 3.05) is 32.6 Å². The largest absolute Gasteiger partial charge is 0.490 e. The molecule has 258 valence electrons. The monoisotopic (exact) mass is 717 g/mol. The van der Waals surface area contributed by atoms with Gasteiger partial charge in [0.1, 0.15) is 19.0 Å². The first-order chi connectivity index (χ1) is 22.8. The van der Waals surface area contributed by atoms with E-state index in [1.165, 1.54) is 5.06 Å². The molecule has 1 N–H and O–H groups in total. The number of hydrogen-bond donors (Lipinski definition) is 1. The van der Waals surface area contributed by atoms with E-state index in [4.69, 9.17) is 37.0 Å². The van der Waals surface area contributed by atoms with Crippen LogP contribution >= 0.6 is 23.2 Å². The predicted molar refractivity (Wildman–Crippen MR) is 185 cm³/mol. The molecule has 2 atom stereocenters. The fraction of sp³-hybridized carbons (Fsp3) is 0.429. The molecule has 1 heterocycles. The number of hydrogen-bond acceptors (Lipinski definition) is 8. The molecule has 5 rings (SSSR count). The number of halogens is 2. The number of benzene rings is 3. The zero-order chi connectivity index (χ0) is 34.6. The van der Waals surface area contributed by atoms with Crippen molar-refractivity contribution < 1.29 is 31.8 Å². The molecule has 0 radical (unpaired) electrons. The minimum absolute atomic E-state index is 0.0285. The molecule has 0 bridgehead atoms. The molecule has 10 nitrogen and oxygen atoms in total. The van der Waals surface area contributed by atoms with E-state index in [0.29, 0.717) is 40.1 Å². The number of ether oxygens (including phenoxy) is 2. The lowest BCUT2D eigenvalue weighted by molar-refractivity contribution is -0.147. The number of aryl methyl sites for hydroxylation is 2. The van der Waals surface area contributed by atoms with Gasteiger partial charge >= 0.3 is 0 Å². The first-order valence-electron chi connectivity index (χ1n) is 15.9. The summed E-state index contributed by atoms with van der Waals surface area (Å²) < 4.78 is 40.5. The SMILES string of the molecule is Cc1cc(Cl)c(OCCOc2ccc(C(=O)N[C@H]3CCN(OS(C)(=O)=O)CC3C(=O)N(Cc3cccc(C)c3C)C3CC3)cc2)c(Cl)c1. The first kappa shape index (κ1) is 35.9. The minimum atomic E-state index is -3.79. The third kappa shape index (κ3) is 9.41. The lowest BCUT2D eigenvalue weighted by atomic mass is 9.90. The topological polar surface area (TPSA) is 114 Å². The molecule has 1 saturated carbocycles. The fourth-order valence-electron chi connectivity index (χ4n) is 5.84. The molecule has 13 heteroatoms. The number of amides is 2. The second kappa shape index (κ2) is 15.5. The maximum atomic E-state index is 14.2. The van der Waals surface area contributed by atoms with Crippen LogP contribution in [0.15, 0.2) is 54.6 Å². The highest BCUT2D eigenvalue weighted by Gasteiger charge is 2.43. The van der Waals surface area contributed by atoms with E-state index >= 15 is 0 Å². The molecular weight excluding hydrogens is 677 g/mol. The van der Waals surface area contributed by atoms with E-state index < -0.39 is 22.1 Å². The van der Waals surface area contributed by atoms with Gasteiger partial charge in [0.25, 0.3) is 16.0 Å². The van der Waals surface area contributed by atoms with Crippen LogP contribution in [-0.2, 0) is 25.7 Å². The van der Waals surface area contributed by atoms with E-state index in [1.807, 2.05) is 43.9 Å². The molecule has 0 aromatic heterocycles. The molecule has 1 aliphatic heterocycles. The summed E-state index contributed by atoms with van der Waals surface area (Å²) >= 11 is 12.5. The Morgan fingerprint density at radius 1 is 0.958 bits per heavy atom. The summed E-state index contributed by atoms with van der Waals surface area (Å²) in [6.07, 6.45) is 3.11.